The van der Waals surface area contributed by atoms with Crippen LogP contribution in [0.2, 0.25) is 0 Å². The maximum atomic E-state index is 6.26. The first-order valence-corrected chi connectivity index (χ1v) is 4.01. The summed E-state index contributed by atoms with van der Waals surface area (Å²) >= 11 is 6.26. The normalized spacial score (nSPS) is 44.7. The highest BCUT2D eigenvalue weighted by molar-refractivity contribution is 6.26. The van der Waals surface area contributed by atoms with Crippen molar-refractivity contribution in [3.8, 4) is 0 Å². The van der Waals surface area contributed by atoms with Gasteiger partial charge in [-0.25, -0.2) is 0 Å². The zero-order valence-corrected chi connectivity index (χ0v) is 7.13. The molecule has 0 aromatic heterocycles. The van der Waals surface area contributed by atoms with Crippen molar-refractivity contribution in [2.45, 2.75) is 38.5 Å². The van der Waals surface area contributed by atoms with Gasteiger partial charge in [-0.3, -0.25) is 0 Å². The van der Waals surface area contributed by atoms with E-state index in [0.717, 1.165) is 6.42 Å². The lowest BCUT2D eigenvalue weighted by Crippen LogP contribution is -2.46. The molecule has 0 heterocycles. The molecule has 53 valence electrons. The van der Waals surface area contributed by atoms with E-state index in [1.54, 1.807) is 0 Å². The van der Waals surface area contributed by atoms with E-state index in [0.29, 0.717) is 5.92 Å². The van der Waals surface area contributed by atoms with Crippen molar-refractivity contribution < 1.29 is 0 Å². The van der Waals surface area contributed by atoms with Crippen molar-refractivity contribution in [2.75, 3.05) is 0 Å². The van der Waals surface area contributed by atoms with E-state index in [1.165, 1.54) is 12.3 Å². The van der Waals surface area contributed by atoms with Crippen LogP contribution in [-0.2, 0) is 0 Å². The molecule has 1 saturated carbocycles. The van der Waals surface area contributed by atoms with Gasteiger partial charge in [-0.15, -0.1) is 11.6 Å². The molecule has 0 N–H and O–H groups in total. The van der Waals surface area contributed by atoms with E-state index in [2.05, 4.69) is 20.8 Å². The first-order valence-electron chi connectivity index (χ1n) is 3.63. The van der Waals surface area contributed by atoms with Crippen LogP contribution in [0.25, 0.3) is 0 Å². The molecule has 1 aliphatic rings. The highest BCUT2D eigenvalue weighted by atomic mass is 35.5. The predicted octanol–water partition coefficient (Wildman–Crippen LogP) is 3.01. The molecule has 0 aromatic rings. The molecule has 2 atom stereocenters. The Morgan fingerprint density at radius 3 is 2.44 bits per heavy atom. The highest BCUT2D eigenvalue weighted by Crippen LogP contribution is 2.52. The fraction of sp³-hybridized carbons (Fsp3) is 0.875. The zero-order valence-electron chi connectivity index (χ0n) is 6.37. The molecule has 1 rings (SSSR count). The Labute approximate surface area is 62.6 Å². The summed E-state index contributed by atoms with van der Waals surface area (Å²) in [5.74, 6) is 2.17. The van der Waals surface area contributed by atoms with Gasteiger partial charge in [0.1, 0.15) is 0 Å². The Hall–Kier alpha value is 0.290. The molecule has 0 aromatic carbocycles. The van der Waals surface area contributed by atoms with Crippen molar-refractivity contribution in [3.63, 3.8) is 0 Å². The van der Waals surface area contributed by atoms with Crippen LogP contribution in [0, 0.1) is 11.8 Å². The van der Waals surface area contributed by atoms with E-state index in [-0.39, 0.29) is 4.87 Å². The minimum absolute atomic E-state index is 0.0694. The van der Waals surface area contributed by atoms with Gasteiger partial charge in [-0.2, -0.15) is 0 Å². The van der Waals surface area contributed by atoms with Crippen LogP contribution in [0.1, 0.15) is 33.6 Å². The topological polar surface area (TPSA) is 0 Å². The molecular weight excluding hydrogens is 132 g/mol. The third-order valence-electron chi connectivity index (χ3n) is 2.62. The van der Waals surface area contributed by atoms with Crippen LogP contribution in [0.5, 0.6) is 0 Å². The molecule has 0 saturated heterocycles. The van der Waals surface area contributed by atoms with Gasteiger partial charge in [0.05, 0.1) is 4.87 Å². The fourth-order valence-electron chi connectivity index (χ4n) is 1.73. The second-order valence-corrected chi connectivity index (χ2v) is 3.78. The van der Waals surface area contributed by atoms with Gasteiger partial charge in [-0.05, 0) is 24.7 Å². The molecule has 0 nitrogen and oxygen atoms in total. The Morgan fingerprint density at radius 1 is 1.78 bits per heavy atom. The monoisotopic (exact) mass is 145 g/mol. The van der Waals surface area contributed by atoms with E-state index in [4.69, 9.17) is 11.6 Å². The van der Waals surface area contributed by atoms with Crippen molar-refractivity contribution >= 4 is 11.6 Å². The van der Waals surface area contributed by atoms with Gasteiger partial charge in [-0.1, -0.05) is 20.8 Å². The summed E-state index contributed by atoms with van der Waals surface area (Å²) < 4.78 is 0. The van der Waals surface area contributed by atoms with Crippen LogP contribution in [0.15, 0.2) is 0 Å². The first kappa shape index (κ1) is 7.40. The van der Waals surface area contributed by atoms with E-state index >= 15 is 0 Å². The maximum absolute atomic E-state index is 6.26. The van der Waals surface area contributed by atoms with E-state index in [1.807, 2.05) is 0 Å². The smallest absolute Gasteiger partial charge is 0.0529 e. The summed E-state index contributed by atoms with van der Waals surface area (Å²) in [7, 11) is 0. The molecule has 9 heavy (non-hydrogen) atoms. The highest BCUT2D eigenvalue weighted by Gasteiger charge is 2.47. The summed E-state index contributed by atoms with van der Waals surface area (Å²) in [6, 6.07) is 0. The number of alkyl halides is 1. The number of rotatable bonds is 1. The van der Waals surface area contributed by atoms with E-state index in [9.17, 15) is 0 Å². The molecule has 0 amide bonds. The molecular formula is C8H14Cl. The maximum Gasteiger partial charge on any atom is 0.0529 e. The lowest BCUT2D eigenvalue weighted by Gasteiger charge is -2.48. The molecule has 0 spiro atoms. The molecule has 1 fully saturated rings. The summed E-state index contributed by atoms with van der Waals surface area (Å²) in [5.41, 5.74) is 0. The largest absolute Gasteiger partial charge is 0.118 e. The minimum Gasteiger partial charge on any atom is -0.118 e. The summed E-state index contributed by atoms with van der Waals surface area (Å²) in [6.45, 7) is 6.55. The standard InChI is InChI=1S/C8H14Cl/c1-4-8(9)6(2)5-7(8)3/h6H,4-5H2,1-3H3. The first-order chi connectivity index (χ1) is 4.11. The molecule has 1 heteroatoms. The number of halogens is 1. The van der Waals surface area contributed by atoms with Gasteiger partial charge >= 0.3 is 0 Å². The van der Waals surface area contributed by atoms with Gasteiger partial charge < -0.3 is 0 Å². The van der Waals surface area contributed by atoms with Crippen LogP contribution in [0.4, 0.5) is 0 Å². The third-order valence-corrected chi connectivity index (χ3v) is 3.58. The van der Waals surface area contributed by atoms with Crippen LogP contribution in [0.3, 0.4) is 0 Å². The molecule has 2 unspecified atom stereocenters. The summed E-state index contributed by atoms with van der Waals surface area (Å²) in [4.78, 5) is 0.0694. The SMILES string of the molecule is CCC1(Cl)[C](C)CC1C. The Morgan fingerprint density at radius 2 is 2.33 bits per heavy atom. The van der Waals surface area contributed by atoms with Crippen LogP contribution in [-0.4, -0.2) is 4.87 Å². The van der Waals surface area contributed by atoms with Crippen molar-refractivity contribution in [1.82, 2.24) is 0 Å². The average molecular weight is 146 g/mol. The third kappa shape index (κ3) is 0.881. The van der Waals surface area contributed by atoms with Crippen LogP contribution < -0.4 is 0 Å². The van der Waals surface area contributed by atoms with Crippen molar-refractivity contribution in [3.05, 3.63) is 5.92 Å². The second-order valence-electron chi connectivity index (χ2n) is 3.10. The van der Waals surface area contributed by atoms with Gasteiger partial charge in [0.2, 0.25) is 0 Å². The van der Waals surface area contributed by atoms with Gasteiger partial charge in [0, 0.05) is 0 Å². The second kappa shape index (κ2) is 2.16. The zero-order chi connectivity index (χ0) is 7.07. The van der Waals surface area contributed by atoms with E-state index < -0.39 is 0 Å². The summed E-state index contributed by atoms with van der Waals surface area (Å²) in [5, 5.41) is 0. The van der Waals surface area contributed by atoms with Crippen molar-refractivity contribution in [2.24, 2.45) is 5.92 Å². The summed E-state index contributed by atoms with van der Waals surface area (Å²) in [6.07, 6.45) is 2.32. The predicted molar refractivity (Wildman–Crippen MR) is 41.6 cm³/mol. The van der Waals surface area contributed by atoms with Gasteiger partial charge in [0.25, 0.3) is 0 Å². The van der Waals surface area contributed by atoms with Crippen molar-refractivity contribution in [1.29, 1.82) is 0 Å². The van der Waals surface area contributed by atoms with Gasteiger partial charge in [0.15, 0.2) is 0 Å². The Bertz CT molecular complexity index is 101. The lowest BCUT2D eigenvalue weighted by atomic mass is 9.64. The Kier molecular flexibility index (Phi) is 1.77. The molecule has 1 radical (unpaired) electrons. The average Bonchev–Trinajstić information content (AvgIpc) is 1.87. The molecule has 1 aliphatic carbocycles. The number of hydrogen-bond donors (Lipinski definition) is 0. The fourth-order valence-corrected chi connectivity index (χ4v) is 1.88. The quantitative estimate of drug-likeness (QED) is 0.498. The van der Waals surface area contributed by atoms with Crippen LogP contribution >= 0.6 is 11.6 Å². The lowest BCUT2D eigenvalue weighted by molar-refractivity contribution is 0.266. The number of hydrogen-bond acceptors (Lipinski definition) is 0. The molecule has 0 aliphatic heterocycles. The minimum atomic E-state index is 0.0694. The Balaban J connectivity index is 2.55. The molecule has 0 bridgehead atoms.